The minimum atomic E-state index is -0.253. The van der Waals surface area contributed by atoms with Crippen molar-refractivity contribution in [3.63, 3.8) is 0 Å². The predicted molar refractivity (Wildman–Crippen MR) is 106 cm³/mol. The van der Waals surface area contributed by atoms with Gasteiger partial charge in [-0.15, -0.1) is 0 Å². The molecular weight excluding hydrogens is 336 g/mol. The highest BCUT2D eigenvalue weighted by Gasteiger charge is 2.44. The SMILES string of the molecule is C=C1C(=O)O[C@H]2c3c(C)c(OCc4cccc(C)c4C)cc(C)c3CC[C@@H]12. The topological polar surface area (TPSA) is 35.5 Å². The monoisotopic (exact) mass is 362 g/mol. The number of ether oxygens (including phenoxy) is 2. The second kappa shape index (κ2) is 6.56. The number of hydrogen-bond acceptors (Lipinski definition) is 3. The molecule has 0 saturated carbocycles. The first-order valence-corrected chi connectivity index (χ1v) is 9.59. The summed E-state index contributed by atoms with van der Waals surface area (Å²) in [5.41, 5.74) is 9.08. The molecular formula is C24H26O3. The van der Waals surface area contributed by atoms with Gasteiger partial charge in [0.1, 0.15) is 18.5 Å². The van der Waals surface area contributed by atoms with Crippen LogP contribution in [0.4, 0.5) is 0 Å². The van der Waals surface area contributed by atoms with Crippen molar-refractivity contribution in [2.24, 2.45) is 5.92 Å². The second-order valence-electron chi connectivity index (χ2n) is 7.85. The maximum absolute atomic E-state index is 12.1. The van der Waals surface area contributed by atoms with Crippen LogP contribution in [0.1, 0.15) is 51.5 Å². The lowest BCUT2D eigenvalue weighted by Crippen LogP contribution is -2.20. The number of carbonyl (C=O) groups excluding carboxylic acids is 1. The van der Waals surface area contributed by atoms with E-state index >= 15 is 0 Å². The van der Waals surface area contributed by atoms with Crippen LogP contribution in [-0.2, 0) is 22.6 Å². The predicted octanol–water partition coefficient (Wildman–Crippen LogP) is 5.22. The molecule has 1 aliphatic heterocycles. The average Bonchev–Trinajstić information content (AvgIpc) is 2.94. The zero-order chi connectivity index (χ0) is 19.3. The Morgan fingerprint density at radius 2 is 1.93 bits per heavy atom. The van der Waals surface area contributed by atoms with Gasteiger partial charge in [0.05, 0.1) is 0 Å². The smallest absolute Gasteiger partial charge is 0.334 e. The Morgan fingerprint density at radius 3 is 2.70 bits per heavy atom. The Bertz CT molecular complexity index is 955. The van der Waals surface area contributed by atoms with Gasteiger partial charge in [-0.2, -0.15) is 0 Å². The molecule has 0 amide bonds. The Hall–Kier alpha value is -2.55. The summed E-state index contributed by atoms with van der Waals surface area (Å²) in [6, 6.07) is 8.43. The van der Waals surface area contributed by atoms with Crippen molar-refractivity contribution >= 4 is 5.97 Å². The zero-order valence-electron chi connectivity index (χ0n) is 16.5. The molecule has 2 aliphatic rings. The molecule has 1 aliphatic carbocycles. The van der Waals surface area contributed by atoms with E-state index in [1.807, 2.05) is 0 Å². The minimum absolute atomic E-state index is 0.0948. The van der Waals surface area contributed by atoms with E-state index in [1.165, 1.54) is 27.8 Å². The summed E-state index contributed by atoms with van der Waals surface area (Å²) in [7, 11) is 0. The summed E-state index contributed by atoms with van der Waals surface area (Å²) in [5.74, 6) is 0.718. The fraction of sp³-hybridized carbons (Fsp3) is 0.375. The number of esters is 1. The Labute approximate surface area is 161 Å². The third-order valence-electron chi connectivity index (χ3n) is 6.32. The van der Waals surface area contributed by atoms with Crippen molar-refractivity contribution in [3.05, 3.63) is 75.4 Å². The van der Waals surface area contributed by atoms with E-state index in [9.17, 15) is 4.79 Å². The number of aryl methyl sites for hydroxylation is 2. The van der Waals surface area contributed by atoms with Gasteiger partial charge in [-0.25, -0.2) is 4.79 Å². The third kappa shape index (κ3) is 2.86. The standard InChI is InChI=1S/C24H26O3/c1-13-7-6-8-18(15(13)3)12-26-21-11-14(2)19-9-10-20-16(4)24(25)27-23(20)22(19)17(21)5/h6-8,11,20,23H,4,9-10,12H2,1-3,5H3/t20-,23+/m0/s1. The van der Waals surface area contributed by atoms with E-state index in [0.29, 0.717) is 12.2 Å². The molecule has 0 N–H and O–H groups in total. The molecule has 2 atom stereocenters. The average molecular weight is 362 g/mol. The summed E-state index contributed by atoms with van der Waals surface area (Å²) in [5, 5.41) is 0. The van der Waals surface area contributed by atoms with Crippen LogP contribution in [0.5, 0.6) is 5.75 Å². The minimum Gasteiger partial charge on any atom is -0.489 e. The molecule has 3 heteroatoms. The third-order valence-corrected chi connectivity index (χ3v) is 6.32. The molecule has 1 heterocycles. The van der Waals surface area contributed by atoms with Gasteiger partial charge >= 0.3 is 5.97 Å². The molecule has 2 aromatic carbocycles. The van der Waals surface area contributed by atoms with Crippen molar-refractivity contribution in [2.45, 2.75) is 53.2 Å². The first-order valence-electron chi connectivity index (χ1n) is 9.59. The maximum Gasteiger partial charge on any atom is 0.334 e. The van der Waals surface area contributed by atoms with E-state index in [0.717, 1.165) is 29.7 Å². The molecule has 1 fully saturated rings. The van der Waals surface area contributed by atoms with Gasteiger partial charge < -0.3 is 9.47 Å². The lowest BCUT2D eigenvalue weighted by Gasteiger charge is -2.30. The summed E-state index contributed by atoms with van der Waals surface area (Å²) < 4.78 is 11.9. The molecule has 1 saturated heterocycles. The largest absolute Gasteiger partial charge is 0.489 e. The van der Waals surface area contributed by atoms with Gasteiger partial charge in [-0.05, 0) is 80.0 Å². The summed E-state index contributed by atoms with van der Waals surface area (Å²) >= 11 is 0. The Balaban J connectivity index is 1.69. The van der Waals surface area contributed by atoms with Crippen LogP contribution in [0.2, 0.25) is 0 Å². The van der Waals surface area contributed by atoms with E-state index in [1.54, 1.807) is 0 Å². The van der Waals surface area contributed by atoms with Crippen molar-refractivity contribution in [2.75, 3.05) is 0 Å². The van der Waals surface area contributed by atoms with Crippen LogP contribution in [0, 0.1) is 33.6 Å². The number of benzene rings is 2. The second-order valence-corrected chi connectivity index (χ2v) is 7.85. The molecule has 2 aromatic rings. The van der Waals surface area contributed by atoms with Gasteiger partial charge in [0.25, 0.3) is 0 Å². The Kier molecular flexibility index (Phi) is 4.33. The number of fused-ring (bicyclic) bond motifs is 3. The van der Waals surface area contributed by atoms with Gasteiger partial charge in [0.2, 0.25) is 0 Å². The van der Waals surface area contributed by atoms with Crippen LogP contribution in [-0.4, -0.2) is 5.97 Å². The van der Waals surface area contributed by atoms with Gasteiger partial charge in [-0.3, -0.25) is 0 Å². The lowest BCUT2D eigenvalue weighted by molar-refractivity contribution is -0.139. The number of carbonyl (C=O) groups is 1. The van der Waals surface area contributed by atoms with Crippen LogP contribution >= 0.6 is 0 Å². The quantitative estimate of drug-likeness (QED) is 0.555. The fourth-order valence-electron chi connectivity index (χ4n) is 4.45. The van der Waals surface area contributed by atoms with Crippen LogP contribution in [0.15, 0.2) is 36.4 Å². The van der Waals surface area contributed by atoms with Crippen molar-refractivity contribution in [3.8, 4) is 5.75 Å². The van der Waals surface area contributed by atoms with Crippen molar-refractivity contribution in [1.29, 1.82) is 0 Å². The maximum atomic E-state index is 12.1. The number of hydrogen-bond donors (Lipinski definition) is 0. The molecule has 0 bridgehead atoms. The summed E-state index contributed by atoms with van der Waals surface area (Å²) in [4.78, 5) is 12.1. The van der Waals surface area contributed by atoms with E-state index in [2.05, 4.69) is 58.5 Å². The van der Waals surface area contributed by atoms with Crippen LogP contribution < -0.4 is 4.74 Å². The van der Waals surface area contributed by atoms with Gasteiger partial charge in [-0.1, -0.05) is 24.8 Å². The molecule has 0 spiro atoms. The summed E-state index contributed by atoms with van der Waals surface area (Å²) in [6.07, 6.45) is 1.66. The molecule has 140 valence electrons. The molecule has 27 heavy (non-hydrogen) atoms. The highest BCUT2D eigenvalue weighted by atomic mass is 16.6. The lowest BCUT2D eigenvalue weighted by atomic mass is 9.76. The molecule has 0 unspecified atom stereocenters. The van der Waals surface area contributed by atoms with Crippen molar-refractivity contribution < 1.29 is 14.3 Å². The first-order chi connectivity index (χ1) is 12.9. The van der Waals surface area contributed by atoms with Crippen LogP contribution in [0.25, 0.3) is 0 Å². The normalized spacial score (nSPS) is 20.9. The fourth-order valence-corrected chi connectivity index (χ4v) is 4.45. The van der Waals surface area contributed by atoms with Gasteiger partial charge in [0.15, 0.2) is 0 Å². The first kappa shape index (κ1) is 17.8. The molecule has 4 rings (SSSR count). The molecule has 0 aromatic heterocycles. The Morgan fingerprint density at radius 1 is 1.15 bits per heavy atom. The van der Waals surface area contributed by atoms with Crippen LogP contribution in [0.3, 0.4) is 0 Å². The molecule has 3 nitrogen and oxygen atoms in total. The van der Waals surface area contributed by atoms with E-state index in [4.69, 9.17) is 9.47 Å². The zero-order valence-corrected chi connectivity index (χ0v) is 16.5. The summed E-state index contributed by atoms with van der Waals surface area (Å²) in [6.45, 7) is 12.9. The highest BCUT2D eigenvalue weighted by molar-refractivity contribution is 5.91. The highest BCUT2D eigenvalue weighted by Crippen LogP contribution is 2.49. The number of rotatable bonds is 3. The van der Waals surface area contributed by atoms with E-state index < -0.39 is 0 Å². The van der Waals surface area contributed by atoms with Crippen molar-refractivity contribution in [1.82, 2.24) is 0 Å². The van der Waals surface area contributed by atoms with E-state index in [-0.39, 0.29) is 18.0 Å². The molecule has 0 radical (unpaired) electrons. The van der Waals surface area contributed by atoms with Gasteiger partial charge in [0, 0.05) is 17.1 Å².